The van der Waals surface area contributed by atoms with Crippen molar-refractivity contribution in [3.63, 3.8) is 0 Å². The van der Waals surface area contributed by atoms with Gasteiger partial charge < -0.3 is 9.09 Å². The molecule has 0 bridgehead atoms. The highest BCUT2D eigenvalue weighted by Gasteiger charge is 2.14. The van der Waals surface area contributed by atoms with Crippen LogP contribution in [0, 0.1) is 12.7 Å². The fourth-order valence-electron chi connectivity index (χ4n) is 2.10. The zero-order chi connectivity index (χ0) is 14.3. The number of imidazole rings is 1. The number of halogens is 3. The molecule has 0 spiro atoms. The summed E-state index contributed by atoms with van der Waals surface area (Å²) in [6.07, 6.45) is 0. The Labute approximate surface area is 127 Å². The van der Waals surface area contributed by atoms with Crippen molar-refractivity contribution in [3.05, 3.63) is 45.8 Å². The van der Waals surface area contributed by atoms with E-state index in [4.69, 9.17) is 16.1 Å². The first-order valence-electron chi connectivity index (χ1n) is 5.91. The van der Waals surface area contributed by atoms with Crippen LogP contribution in [0.2, 0.25) is 0 Å². The van der Waals surface area contributed by atoms with E-state index in [0.29, 0.717) is 22.4 Å². The van der Waals surface area contributed by atoms with Gasteiger partial charge in [-0.15, -0.1) is 11.6 Å². The molecule has 3 aromatic rings. The van der Waals surface area contributed by atoms with Gasteiger partial charge in [-0.1, -0.05) is 5.16 Å². The Balaban J connectivity index is 2.14. The molecule has 0 aliphatic rings. The number of fused-ring (bicyclic) bond motifs is 1. The Morgan fingerprint density at radius 2 is 2.20 bits per heavy atom. The number of aromatic nitrogens is 3. The minimum atomic E-state index is -0.347. The van der Waals surface area contributed by atoms with Crippen molar-refractivity contribution in [2.75, 3.05) is 0 Å². The van der Waals surface area contributed by atoms with Gasteiger partial charge in [0.1, 0.15) is 23.1 Å². The van der Waals surface area contributed by atoms with E-state index in [1.165, 1.54) is 6.07 Å². The standard InChI is InChI=1S/C13H10BrClFN3O/c1-7-2-8(18-20-7)6-19-12-3-9(14)10(16)4-11(12)17-13(19)5-15/h2-4H,5-6H2,1H3. The van der Waals surface area contributed by atoms with E-state index in [9.17, 15) is 4.39 Å². The fourth-order valence-corrected chi connectivity index (χ4v) is 2.64. The fraction of sp³-hybridized carbons (Fsp3) is 0.231. The average molecular weight is 359 g/mol. The van der Waals surface area contributed by atoms with Crippen LogP contribution in [-0.4, -0.2) is 14.7 Å². The predicted octanol–water partition coefficient (Wildman–Crippen LogP) is 4.02. The average Bonchev–Trinajstić information content (AvgIpc) is 2.96. The smallest absolute Gasteiger partial charge is 0.139 e. The molecule has 3 rings (SSSR count). The van der Waals surface area contributed by atoms with Crippen LogP contribution in [0.4, 0.5) is 4.39 Å². The van der Waals surface area contributed by atoms with Crippen LogP contribution in [0.15, 0.2) is 27.2 Å². The van der Waals surface area contributed by atoms with Crippen molar-refractivity contribution in [2.45, 2.75) is 19.3 Å². The summed E-state index contributed by atoms with van der Waals surface area (Å²) in [7, 11) is 0. The summed E-state index contributed by atoms with van der Waals surface area (Å²) in [4.78, 5) is 4.35. The molecule has 104 valence electrons. The highest BCUT2D eigenvalue weighted by atomic mass is 79.9. The number of hydrogen-bond acceptors (Lipinski definition) is 3. The molecule has 0 N–H and O–H groups in total. The summed E-state index contributed by atoms with van der Waals surface area (Å²) in [6, 6.07) is 4.93. The van der Waals surface area contributed by atoms with E-state index in [1.54, 1.807) is 6.07 Å². The Kier molecular flexibility index (Phi) is 3.52. The maximum Gasteiger partial charge on any atom is 0.139 e. The van der Waals surface area contributed by atoms with Crippen molar-refractivity contribution < 1.29 is 8.91 Å². The molecule has 0 unspecified atom stereocenters. The lowest BCUT2D eigenvalue weighted by molar-refractivity contribution is 0.389. The molecular formula is C13H10BrClFN3O. The van der Waals surface area contributed by atoms with Gasteiger partial charge in [0.15, 0.2) is 0 Å². The minimum absolute atomic E-state index is 0.241. The normalized spacial score (nSPS) is 11.4. The van der Waals surface area contributed by atoms with Gasteiger partial charge in [0.2, 0.25) is 0 Å². The van der Waals surface area contributed by atoms with Crippen molar-refractivity contribution in [2.24, 2.45) is 0 Å². The predicted molar refractivity (Wildman–Crippen MR) is 77.3 cm³/mol. The van der Waals surface area contributed by atoms with Gasteiger partial charge in [0, 0.05) is 12.1 Å². The molecule has 0 aliphatic carbocycles. The van der Waals surface area contributed by atoms with Crippen molar-refractivity contribution in [1.82, 2.24) is 14.7 Å². The Morgan fingerprint density at radius 1 is 1.40 bits per heavy atom. The van der Waals surface area contributed by atoms with Crippen LogP contribution in [0.25, 0.3) is 11.0 Å². The topological polar surface area (TPSA) is 43.9 Å². The highest BCUT2D eigenvalue weighted by molar-refractivity contribution is 9.10. The molecule has 0 fully saturated rings. The molecule has 2 aromatic heterocycles. The van der Waals surface area contributed by atoms with E-state index in [2.05, 4.69) is 26.1 Å². The Bertz CT molecular complexity index is 783. The minimum Gasteiger partial charge on any atom is -0.361 e. The molecule has 4 nitrogen and oxygen atoms in total. The molecule has 1 aromatic carbocycles. The number of hydrogen-bond donors (Lipinski definition) is 0. The zero-order valence-electron chi connectivity index (χ0n) is 10.5. The maximum atomic E-state index is 13.6. The molecule has 0 radical (unpaired) electrons. The van der Waals surface area contributed by atoms with E-state index in [-0.39, 0.29) is 11.7 Å². The number of alkyl halides is 1. The first kappa shape index (κ1) is 13.6. The van der Waals surface area contributed by atoms with Crippen molar-refractivity contribution in [1.29, 1.82) is 0 Å². The number of aryl methyl sites for hydroxylation is 1. The molecule has 7 heteroatoms. The van der Waals surface area contributed by atoms with Crippen LogP contribution < -0.4 is 0 Å². The third kappa shape index (κ3) is 2.33. The quantitative estimate of drug-likeness (QED) is 0.664. The molecule has 0 aliphatic heterocycles. The second-order valence-electron chi connectivity index (χ2n) is 4.43. The summed E-state index contributed by atoms with van der Waals surface area (Å²) in [5.74, 6) is 1.30. The van der Waals surface area contributed by atoms with Gasteiger partial charge in [0.05, 0.1) is 27.9 Å². The Hall–Kier alpha value is -1.40. The van der Waals surface area contributed by atoms with Crippen molar-refractivity contribution >= 4 is 38.6 Å². The lowest BCUT2D eigenvalue weighted by Gasteiger charge is -2.05. The third-order valence-electron chi connectivity index (χ3n) is 2.99. The second-order valence-corrected chi connectivity index (χ2v) is 5.55. The number of rotatable bonds is 3. The van der Waals surface area contributed by atoms with Crippen LogP contribution in [0.1, 0.15) is 17.3 Å². The van der Waals surface area contributed by atoms with Gasteiger partial charge in [-0.05, 0) is 28.9 Å². The third-order valence-corrected chi connectivity index (χ3v) is 3.83. The summed E-state index contributed by atoms with van der Waals surface area (Å²) in [5, 5.41) is 3.96. The lowest BCUT2D eigenvalue weighted by atomic mass is 10.3. The lowest BCUT2D eigenvalue weighted by Crippen LogP contribution is -2.04. The van der Waals surface area contributed by atoms with Gasteiger partial charge in [-0.25, -0.2) is 9.37 Å². The summed E-state index contributed by atoms with van der Waals surface area (Å²) in [5.41, 5.74) is 2.14. The summed E-state index contributed by atoms with van der Waals surface area (Å²) >= 11 is 9.11. The molecule has 20 heavy (non-hydrogen) atoms. The molecule has 0 atom stereocenters. The van der Waals surface area contributed by atoms with Crippen LogP contribution in [0.5, 0.6) is 0 Å². The Morgan fingerprint density at radius 3 is 2.85 bits per heavy atom. The SMILES string of the molecule is Cc1cc(Cn2c(CCl)nc3cc(F)c(Br)cc32)no1. The van der Waals surface area contributed by atoms with E-state index in [0.717, 1.165) is 17.0 Å². The van der Waals surface area contributed by atoms with Gasteiger partial charge in [-0.3, -0.25) is 0 Å². The van der Waals surface area contributed by atoms with Gasteiger partial charge in [-0.2, -0.15) is 0 Å². The molecule has 2 heterocycles. The molecule has 0 saturated heterocycles. The van der Waals surface area contributed by atoms with Crippen LogP contribution in [-0.2, 0) is 12.4 Å². The number of nitrogens with zero attached hydrogens (tertiary/aromatic N) is 3. The zero-order valence-corrected chi connectivity index (χ0v) is 12.9. The van der Waals surface area contributed by atoms with Gasteiger partial charge in [0.25, 0.3) is 0 Å². The van der Waals surface area contributed by atoms with Gasteiger partial charge >= 0.3 is 0 Å². The van der Waals surface area contributed by atoms with Crippen LogP contribution in [0.3, 0.4) is 0 Å². The van der Waals surface area contributed by atoms with Crippen LogP contribution >= 0.6 is 27.5 Å². The second kappa shape index (κ2) is 5.18. The molecule has 0 amide bonds. The first-order chi connectivity index (χ1) is 9.58. The first-order valence-corrected chi connectivity index (χ1v) is 7.23. The van der Waals surface area contributed by atoms with E-state index >= 15 is 0 Å². The summed E-state index contributed by atoms with van der Waals surface area (Å²) in [6.45, 7) is 2.31. The number of benzene rings is 1. The van der Waals surface area contributed by atoms with E-state index in [1.807, 2.05) is 17.6 Å². The summed E-state index contributed by atoms with van der Waals surface area (Å²) < 4.78 is 20.9. The highest BCUT2D eigenvalue weighted by Crippen LogP contribution is 2.25. The van der Waals surface area contributed by atoms with Crippen molar-refractivity contribution in [3.8, 4) is 0 Å². The largest absolute Gasteiger partial charge is 0.361 e. The molecule has 0 saturated carbocycles. The molecular weight excluding hydrogens is 349 g/mol. The monoisotopic (exact) mass is 357 g/mol. The van der Waals surface area contributed by atoms with E-state index < -0.39 is 0 Å². The maximum absolute atomic E-state index is 13.6.